The summed E-state index contributed by atoms with van der Waals surface area (Å²) in [5, 5.41) is 22.8. The number of nitrogens with zero attached hydrogens (tertiary/aromatic N) is 6. The van der Waals surface area contributed by atoms with Crippen LogP contribution in [-0.4, -0.2) is 68.0 Å². The SMILES string of the molecule is Cc1cc(-c2nnnn2C)cc(N(C(N)=O)C(C)C(O)CN2CCCC(Cc3ccc(F)cc3)C2)c1. The molecule has 3 unspecified atom stereocenters. The van der Waals surface area contributed by atoms with Crippen LogP contribution in [0.4, 0.5) is 14.9 Å². The summed E-state index contributed by atoms with van der Waals surface area (Å²) in [5.74, 6) is 0.769. The first-order valence-corrected chi connectivity index (χ1v) is 12.3. The molecule has 1 aliphatic heterocycles. The van der Waals surface area contributed by atoms with E-state index in [1.54, 1.807) is 18.7 Å². The number of aliphatic hydroxyl groups is 1. The van der Waals surface area contributed by atoms with E-state index in [9.17, 15) is 14.3 Å². The lowest BCUT2D eigenvalue weighted by Gasteiger charge is -2.37. The van der Waals surface area contributed by atoms with Crippen LogP contribution in [0.25, 0.3) is 11.4 Å². The minimum Gasteiger partial charge on any atom is -0.390 e. The van der Waals surface area contributed by atoms with Crippen LogP contribution in [0.2, 0.25) is 0 Å². The first-order chi connectivity index (χ1) is 17.2. The van der Waals surface area contributed by atoms with Crippen molar-refractivity contribution in [2.45, 2.75) is 45.3 Å². The zero-order valence-corrected chi connectivity index (χ0v) is 21.0. The molecule has 1 aromatic heterocycles. The van der Waals surface area contributed by atoms with E-state index in [0.717, 1.165) is 49.0 Å². The lowest BCUT2D eigenvalue weighted by Crippen LogP contribution is -2.52. The normalized spacial score (nSPS) is 18.1. The maximum atomic E-state index is 13.2. The number of benzene rings is 2. The smallest absolute Gasteiger partial charge is 0.319 e. The molecule has 3 aromatic rings. The number of aryl methyl sites for hydroxylation is 2. The van der Waals surface area contributed by atoms with E-state index < -0.39 is 18.2 Å². The monoisotopic (exact) mass is 495 g/mol. The molecule has 2 heterocycles. The van der Waals surface area contributed by atoms with Crippen LogP contribution < -0.4 is 10.6 Å². The first kappa shape index (κ1) is 25.7. The molecular formula is C26H34FN7O2. The van der Waals surface area contributed by atoms with Crippen molar-refractivity contribution < 1.29 is 14.3 Å². The summed E-state index contributed by atoms with van der Waals surface area (Å²) in [6.07, 6.45) is 2.19. The van der Waals surface area contributed by atoms with Gasteiger partial charge in [0, 0.05) is 31.4 Å². The van der Waals surface area contributed by atoms with Crippen molar-refractivity contribution in [3.63, 3.8) is 0 Å². The van der Waals surface area contributed by atoms with E-state index in [2.05, 4.69) is 20.4 Å². The Labute approximate surface area is 210 Å². The predicted octanol–water partition coefficient (Wildman–Crippen LogP) is 2.91. The van der Waals surface area contributed by atoms with Gasteiger partial charge < -0.3 is 15.7 Å². The van der Waals surface area contributed by atoms with Crippen LogP contribution in [0.3, 0.4) is 0 Å². The van der Waals surface area contributed by atoms with Crippen molar-refractivity contribution in [3.05, 3.63) is 59.4 Å². The number of likely N-dealkylation sites (tertiary alicyclic amines) is 1. The van der Waals surface area contributed by atoms with Crippen LogP contribution >= 0.6 is 0 Å². The molecule has 36 heavy (non-hydrogen) atoms. The van der Waals surface area contributed by atoms with E-state index in [4.69, 9.17) is 5.73 Å². The van der Waals surface area contributed by atoms with E-state index in [1.165, 1.54) is 17.0 Å². The number of β-amino-alcohol motifs (C(OH)–C–C–N with tert-alkyl or cyclic N) is 1. The van der Waals surface area contributed by atoms with E-state index >= 15 is 0 Å². The predicted molar refractivity (Wildman–Crippen MR) is 136 cm³/mol. The average Bonchev–Trinajstić information content (AvgIpc) is 3.26. The van der Waals surface area contributed by atoms with Crippen molar-refractivity contribution in [3.8, 4) is 11.4 Å². The molecule has 9 nitrogen and oxygen atoms in total. The number of amides is 2. The standard InChI is InChI=1S/C26H34FN7O2/c1-17-11-21(25-29-30-31-32(25)3)14-23(12-17)34(26(28)36)18(2)24(35)16-33-10-4-5-20(15-33)13-19-6-8-22(27)9-7-19/h6-9,11-12,14,18,20,24,35H,4-5,10,13,15-16H2,1-3H3,(H2,28,36). The van der Waals surface area contributed by atoms with Crippen LogP contribution in [0.5, 0.6) is 0 Å². The molecule has 4 rings (SSSR count). The number of tetrazole rings is 1. The fourth-order valence-corrected chi connectivity index (χ4v) is 5.09. The van der Waals surface area contributed by atoms with Gasteiger partial charge in [0.1, 0.15) is 5.82 Å². The van der Waals surface area contributed by atoms with Crippen molar-refractivity contribution in [2.75, 3.05) is 24.5 Å². The van der Waals surface area contributed by atoms with Crippen LogP contribution in [0.1, 0.15) is 30.9 Å². The van der Waals surface area contributed by atoms with Crippen LogP contribution in [0, 0.1) is 18.7 Å². The Morgan fingerprint density at radius 1 is 1.28 bits per heavy atom. The molecule has 3 N–H and O–H groups in total. The number of nitrogens with two attached hydrogens (primary N) is 1. The van der Waals surface area contributed by atoms with E-state index in [-0.39, 0.29) is 5.82 Å². The minimum atomic E-state index is -0.803. The number of rotatable bonds is 8. The number of anilines is 1. The number of hydrogen-bond donors (Lipinski definition) is 2. The molecule has 3 atom stereocenters. The summed E-state index contributed by atoms with van der Waals surface area (Å²) < 4.78 is 14.8. The van der Waals surface area contributed by atoms with Crippen molar-refractivity contribution in [2.24, 2.45) is 18.7 Å². The third kappa shape index (κ3) is 6.06. The molecule has 0 spiro atoms. The third-order valence-corrected chi connectivity index (χ3v) is 6.91. The van der Waals surface area contributed by atoms with Gasteiger partial charge in [-0.05, 0) is 97.5 Å². The highest BCUT2D eigenvalue weighted by Gasteiger charge is 2.30. The summed E-state index contributed by atoms with van der Waals surface area (Å²) in [6, 6.07) is 11.1. The number of halogens is 1. The second kappa shape index (κ2) is 11.1. The minimum absolute atomic E-state index is 0.228. The Morgan fingerprint density at radius 3 is 2.69 bits per heavy atom. The lowest BCUT2D eigenvalue weighted by atomic mass is 9.91. The highest BCUT2D eigenvalue weighted by molar-refractivity contribution is 5.92. The molecule has 10 heteroatoms. The van der Waals surface area contributed by atoms with Gasteiger partial charge in [-0.1, -0.05) is 12.1 Å². The van der Waals surface area contributed by atoms with Gasteiger partial charge in [0.15, 0.2) is 5.82 Å². The topological polar surface area (TPSA) is 113 Å². The fraction of sp³-hybridized carbons (Fsp3) is 0.462. The molecule has 0 bridgehead atoms. The van der Waals surface area contributed by atoms with Gasteiger partial charge in [0.2, 0.25) is 0 Å². The molecule has 0 aliphatic carbocycles. The molecule has 0 radical (unpaired) electrons. The number of primary amides is 1. The molecule has 192 valence electrons. The lowest BCUT2D eigenvalue weighted by molar-refractivity contribution is 0.0713. The first-order valence-electron chi connectivity index (χ1n) is 12.3. The molecule has 1 fully saturated rings. The number of carbonyl (C=O) groups excluding carboxylic acids is 1. The Kier molecular flexibility index (Phi) is 7.95. The molecule has 2 amide bonds. The van der Waals surface area contributed by atoms with Crippen molar-refractivity contribution in [1.82, 2.24) is 25.1 Å². The van der Waals surface area contributed by atoms with Gasteiger partial charge in [0.05, 0.1) is 12.1 Å². The zero-order valence-electron chi connectivity index (χ0n) is 21.0. The Bertz CT molecular complexity index is 1180. The highest BCUT2D eigenvalue weighted by Crippen LogP contribution is 2.28. The molecule has 0 saturated carbocycles. The van der Waals surface area contributed by atoms with E-state index in [1.807, 2.05) is 37.3 Å². The maximum Gasteiger partial charge on any atom is 0.319 e. The van der Waals surface area contributed by atoms with Crippen molar-refractivity contribution >= 4 is 11.7 Å². The van der Waals surface area contributed by atoms with E-state index in [0.29, 0.717) is 24.0 Å². The highest BCUT2D eigenvalue weighted by atomic mass is 19.1. The van der Waals surface area contributed by atoms with Crippen LogP contribution in [-0.2, 0) is 13.5 Å². The second-order valence-corrected chi connectivity index (χ2v) is 9.80. The molecule has 2 aromatic carbocycles. The summed E-state index contributed by atoms with van der Waals surface area (Å²) in [5.41, 5.74) is 9.17. The maximum absolute atomic E-state index is 13.2. The Morgan fingerprint density at radius 2 is 2.03 bits per heavy atom. The van der Waals surface area contributed by atoms with Gasteiger partial charge in [-0.25, -0.2) is 13.9 Å². The number of urea groups is 1. The number of aliphatic hydroxyl groups excluding tert-OH is 1. The van der Waals surface area contributed by atoms with Gasteiger partial charge in [-0.15, -0.1) is 5.10 Å². The molecule has 1 saturated heterocycles. The summed E-state index contributed by atoms with van der Waals surface area (Å²) in [6.45, 7) is 5.88. The van der Waals surface area contributed by atoms with Gasteiger partial charge >= 0.3 is 6.03 Å². The van der Waals surface area contributed by atoms with Crippen molar-refractivity contribution in [1.29, 1.82) is 0 Å². The Balaban J connectivity index is 1.45. The number of hydrogen-bond acceptors (Lipinski definition) is 6. The average molecular weight is 496 g/mol. The largest absolute Gasteiger partial charge is 0.390 e. The summed E-state index contributed by atoms with van der Waals surface area (Å²) in [4.78, 5) is 16.2. The molecular weight excluding hydrogens is 461 g/mol. The second-order valence-electron chi connectivity index (χ2n) is 9.80. The zero-order chi connectivity index (χ0) is 25.8. The summed E-state index contributed by atoms with van der Waals surface area (Å²) in [7, 11) is 1.75. The quantitative estimate of drug-likeness (QED) is 0.497. The van der Waals surface area contributed by atoms with Gasteiger partial charge in [0.25, 0.3) is 0 Å². The van der Waals surface area contributed by atoms with Crippen LogP contribution in [0.15, 0.2) is 42.5 Å². The number of aromatic nitrogens is 4. The van der Waals surface area contributed by atoms with Gasteiger partial charge in [-0.2, -0.15) is 0 Å². The molecule has 1 aliphatic rings. The number of carbonyl (C=O) groups is 1. The van der Waals surface area contributed by atoms with Gasteiger partial charge in [-0.3, -0.25) is 4.90 Å². The third-order valence-electron chi connectivity index (χ3n) is 6.91. The fourth-order valence-electron chi connectivity index (χ4n) is 5.09. The Hall–Kier alpha value is -3.37. The number of piperidine rings is 1. The summed E-state index contributed by atoms with van der Waals surface area (Å²) >= 11 is 0.